The number of hydrogen-bond donors (Lipinski definition) is 2. The molecular formula is C19H24ClN3O4. The van der Waals surface area contributed by atoms with Gasteiger partial charge in [-0.05, 0) is 37.5 Å². The van der Waals surface area contributed by atoms with Gasteiger partial charge in [-0.2, -0.15) is 0 Å². The number of carboxylic acids is 1. The van der Waals surface area contributed by atoms with E-state index in [0.717, 1.165) is 6.42 Å². The van der Waals surface area contributed by atoms with Gasteiger partial charge in [0.05, 0.1) is 5.41 Å². The number of nitrogens with zero attached hydrogens (tertiary/aromatic N) is 2. The maximum atomic E-state index is 12.6. The third-order valence-corrected chi connectivity index (χ3v) is 5.70. The molecule has 2 N–H and O–H groups in total. The van der Waals surface area contributed by atoms with Crippen LogP contribution in [-0.4, -0.2) is 59.0 Å². The number of carbonyl (C=O) groups is 3. The van der Waals surface area contributed by atoms with Crippen molar-refractivity contribution in [1.82, 2.24) is 9.80 Å². The Labute approximate surface area is 163 Å². The van der Waals surface area contributed by atoms with E-state index in [9.17, 15) is 19.5 Å². The van der Waals surface area contributed by atoms with E-state index in [-0.39, 0.29) is 18.4 Å². The molecule has 0 spiro atoms. The van der Waals surface area contributed by atoms with E-state index in [1.54, 1.807) is 34.1 Å². The van der Waals surface area contributed by atoms with Gasteiger partial charge in [-0.1, -0.05) is 24.1 Å². The first-order valence-electron chi connectivity index (χ1n) is 9.22. The number of anilines is 1. The SMILES string of the molecule is O=C(CC1(C(=O)O)CCC1)N1CCCN(C(=O)Nc2cccc(Cl)c2)CC1. The molecule has 3 amide bonds. The minimum atomic E-state index is -0.882. The Balaban J connectivity index is 1.54. The Morgan fingerprint density at radius 3 is 2.41 bits per heavy atom. The summed E-state index contributed by atoms with van der Waals surface area (Å²) in [5.74, 6) is -1.01. The number of benzene rings is 1. The second-order valence-electron chi connectivity index (χ2n) is 7.28. The highest BCUT2D eigenvalue weighted by Gasteiger charge is 2.46. The molecule has 0 radical (unpaired) electrons. The van der Waals surface area contributed by atoms with Crippen molar-refractivity contribution in [3.05, 3.63) is 29.3 Å². The molecule has 3 rings (SSSR count). The van der Waals surface area contributed by atoms with E-state index in [1.165, 1.54) is 0 Å². The lowest BCUT2D eigenvalue weighted by Crippen LogP contribution is -2.45. The molecule has 1 saturated heterocycles. The first-order valence-corrected chi connectivity index (χ1v) is 9.60. The van der Waals surface area contributed by atoms with Gasteiger partial charge < -0.3 is 20.2 Å². The van der Waals surface area contributed by atoms with Crippen molar-refractivity contribution in [1.29, 1.82) is 0 Å². The van der Waals surface area contributed by atoms with E-state index >= 15 is 0 Å². The van der Waals surface area contributed by atoms with Crippen LogP contribution in [-0.2, 0) is 9.59 Å². The standard InChI is InChI=1S/C19H24ClN3O4/c20-14-4-1-5-15(12-14)21-18(27)23-9-3-8-22(10-11-23)16(24)13-19(17(25)26)6-2-7-19/h1,4-5,12H,2-3,6-11,13H2,(H,21,27)(H,25,26). The van der Waals surface area contributed by atoms with Crippen LogP contribution in [0, 0.1) is 5.41 Å². The van der Waals surface area contributed by atoms with Crippen LogP contribution >= 0.6 is 11.6 Å². The van der Waals surface area contributed by atoms with E-state index in [2.05, 4.69) is 5.32 Å². The van der Waals surface area contributed by atoms with Crippen LogP contribution in [0.4, 0.5) is 10.5 Å². The Kier molecular flexibility index (Phi) is 5.89. The van der Waals surface area contributed by atoms with Gasteiger partial charge in [0.15, 0.2) is 0 Å². The lowest BCUT2D eigenvalue weighted by Gasteiger charge is -2.38. The number of hydrogen-bond acceptors (Lipinski definition) is 3. The summed E-state index contributed by atoms with van der Waals surface area (Å²) in [5.41, 5.74) is -0.259. The Hall–Kier alpha value is -2.28. The van der Waals surface area contributed by atoms with Gasteiger partial charge in [-0.25, -0.2) is 4.79 Å². The molecule has 7 nitrogen and oxygen atoms in total. The first-order chi connectivity index (χ1) is 12.9. The Morgan fingerprint density at radius 1 is 1.07 bits per heavy atom. The molecule has 1 aliphatic carbocycles. The van der Waals surface area contributed by atoms with E-state index in [1.807, 2.05) is 0 Å². The van der Waals surface area contributed by atoms with Crippen LogP contribution in [0.3, 0.4) is 0 Å². The summed E-state index contributed by atoms with van der Waals surface area (Å²) in [6.45, 7) is 1.91. The van der Waals surface area contributed by atoms with Crippen molar-refractivity contribution >= 4 is 35.2 Å². The van der Waals surface area contributed by atoms with Gasteiger partial charge >= 0.3 is 12.0 Å². The summed E-state index contributed by atoms with van der Waals surface area (Å²) >= 11 is 5.93. The van der Waals surface area contributed by atoms with Crippen LogP contribution in [0.5, 0.6) is 0 Å². The third-order valence-electron chi connectivity index (χ3n) is 5.47. The second kappa shape index (κ2) is 8.17. The maximum Gasteiger partial charge on any atom is 0.321 e. The topological polar surface area (TPSA) is 90.0 Å². The van der Waals surface area contributed by atoms with Gasteiger partial charge in [-0.15, -0.1) is 0 Å². The summed E-state index contributed by atoms with van der Waals surface area (Å²) in [6.07, 6.45) is 2.70. The number of rotatable bonds is 4. The number of carboxylic acid groups (broad SMARTS) is 1. The van der Waals surface area contributed by atoms with Crippen LogP contribution in [0.2, 0.25) is 5.02 Å². The normalized spacial score (nSPS) is 19.0. The average Bonchev–Trinajstić information content (AvgIpc) is 2.84. The zero-order valence-electron chi connectivity index (χ0n) is 15.1. The fourth-order valence-corrected chi connectivity index (χ4v) is 3.80. The molecule has 1 aliphatic heterocycles. The summed E-state index contributed by atoms with van der Waals surface area (Å²) in [6, 6.07) is 6.71. The molecule has 0 unspecified atom stereocenters. The van der Waals surface area contributed by atoms with Crippen LogP contribution in [0.15, 0.2) is 24.3 Å². The van der Waals surface area contributed by atoms with E-state index in [4.69, 9.17) is 11.6 Å². The minimum Gasteiger partial charge on any atom is -0.481 e. The molecule has 1 aromatic rings. The number of amides is 3. The summed E-state index contributed by atoms with van der Waals surface area (Å²) < 4.78 is 0. The largest absolute Gasteiger partial charge is 0.481 e. The molecule has 1 saturated carbocycles. The fourth-order valence-electron chi connectivity index (χ4n) is 3.61. The van der Waals surface area contributed by atoms with Crippen molar-refractivity contribution in [2.75, 3.05) is 31.5 Å². The lowest BCUT2D eigenvalue weighted by atomic mass is 9.66. The highest BCUT2D eigenvalue weighted by molar-refractivity contribution is 6.30. The zero-order valence-corrected chi connectivity index (χ0v) is 15.9. The number of urea groups is 1. The molecule has 146 valence electrons. The van der Waals surface area contributed by atoms with Crippen LogP contribution in [0.25, 0.3) is 0 Å². The summed E-state index contributed by atoms with van der Waals surface area (Å²) in [5, 5.41) is 12.8. The molecule has 1 aromatic carbocycles. The van der Waals surface area contributed by atoms with Crippen molar-refractivity contribution in [2.24, 2.45) is 5.41 Å². The summed E-state index contributed by atoms with van der Waals surface area (Å²) in [4.78, 5) is 39.9. The average molecular weight is 394 g/mol. The quantitative estimate of drug-likeness (QED) is 0.822. The van der Waals surface area contributed by atoms with Crippen molar-refractivity contribution < 1.29 is 19.5 Å². The number of aliphatic carboxylic acids is 1. The molecule has 27 heavy (non-hydrogen) atoms. The highest BCUT2D eigenvalue weighted by Crippen LogP contribution is 2.44. The molecule has 1 heterocycles. The van der Waals surface area contributed by atoms with Crippen LogP contribution < -0.4 is 5.32 Å². The molecule has 0 bridgehead atoms. The monoisotopic (exact) mass is 393 g/mol. The van der Waals surface area contributed by atoms with E-state index < -0.39 is 11.4 Å². The van der Waals surface area contributed by atoms with Crippen molar-refractivity contribution in [3.8, 4) is 0 Å². The molecule has 0 atom stereocenters. The van der Waals surface area contributed by atoms with Gasteiger partial charge in [0.25, 0.3) is 0 Å². The van der Waals surface area contributed by atoms with Gasteiger partial charge in [0.1, 0.15) is 0 Å². The third kappa shape index (κ3) is 4.53. The van der Waals surface area contributed by atoms with Crippen LogP contribution in [0.1, 0.15) is 32.1 Å². The minimum absolute atomic E-state index is 0.0526. The second-order valence-corrected chi connectivity index (χ2v) is 7.71. The van der Waals surface area contributed by atoms with Crippen molar-refractivity contribution in [2.45, 2.75) is 32.1 Å². The Bertz CT molecular complexity index is 735. The predicted molar refractivity (Wildman–Crippen MR) is 102 cm³/mol. The van der Waals surface area contributed by atoms with Crippen molar-refractivity contribution in [3.63, 3.8) is 0 Å². The smallest absolute Gasteiger partial charge is 0.321 e. The number of nitrogens with one attached hydrogen (secondary N) is 1. The zero-order chi connectivity index (χ0) is 19.4. The highest BCUT2D eigenvalue weighted by atomic mass is 35.5. The first kappa shape index (κ1) is 19.5. The lowest BCUT2D eigenvalue weighted by molar-refractivity contribution is -0.159. The van der Waals surface area contributed by atoms with Gasteiger partial charge in [0.2, 0.25) is 5.91 Å². The van der Waals surface area contributed by atoms with E-state index in [0.29, 0.717) is 56.2 Å². The molecule has 8 heteroatoms. The fraction of sp³-hybridized carbons (Fsp3) is 0.526. The molecule has 2 fully saturated rings. The number of halogens is 1. The predicted octanol–water partition coefficient (Wildman–Crippen LogP) is 3.05. The van der Waals surface area contributed by atoms with Gasteiger partial charge in [-0.3, -0.25) is 9.59 Å². The molecule has 2 aliphatic rings. The molecule has 0 aromatic heterocycles. The number of carbonyl (C=O) groups excluding carboxylic acids is 2. The Morgan fingerprint density at radius 2 is 1.78 bits per heavy atom. The molecular weight excluding hydrogens is 370 g/mol. The van der Waals surface area contributed by atoms with Gasteiger partial charge in [0, 0.05) is 43.3 Å². The summed E-state index contributed by atoms with van der Waals surface area (Å²) in [7, 11) is 0. The maximum absolute atomic E-state index is 12.6.